The lowest BCUT2D eigenvalue weighted by molar-refractivity contribution is 0.135. The maximum absolute atomic E-state index is 12.7. The van der Waals surface area contributed by atoms with E-state index >= 15 is 0 Å². The molecule has 1 aliphatic heterocycles. The number of rotatable bonds is 8. The molecule has 0 saturated carbocycles. The maximum atomic E-state index is 12.7. The van der Waals surface area contributed by atoms with Gasteiger partial charge in [-0.05, 0) is 49.9 Å². The van der Waals surface area contributed by atoms with E-state index in [0.717, 1.165) is 19.6 Å². The van der Waals surface area contributed by atoms with Crippen molar-refractivity contribution in [2.24, 2.45) is 0 Å². The number of hydrogen-bond acceptors (Lipinski definition) is 4. The summed E-state index contributed by atoms with van der Waals surface area (Å²) in [5.74, 6) is 0. The fourth-order valence-electron chi connectivity index (χ4n) is 3.22. The number of likely N-dealkylation sites (N-methyl/N-ethyl adjacent to an activating group) is 1. The predicted octanol–water partition coefficient (Wildman–Crippen LogP) is 3.09. The van der Waals surface area contributed by atoms with Crippen LogP contribution in [0.1, 0.15) is 36.6 Å². The summed E-state index contributed by atoms with van der Waals surface area (Å²) in [4.78, 5) is 18.3. The van der Waals surface area contributed by atoms with Crippen molar-refractivity contribution in [3.8, 4) is 0 Å². The van der Waals surface area contributed by atoms with E-state index < -0.39 is 0 Å². The minimum absolute atomic E-state index is 0.0153. The Balaban J connectivity index is 1.90. The molecule has 1 aromatic heterocycles. The Kier molecular flexibility index (Phi) is 8.02. The van der Waals surface area contributed by atoms with E-state index in [9.17, 15) is 4.79 Å². The number of ether oxygens (including phenoxy) is 1. The first kappa shape index (κ1) is 19.2. The highest BCUT2D eigenvalue weighted by Crippen LogP contribution is 2.18. The molecule has 1 atom stereocenters. The van der Waals surface area contributed by atoms with Gasteiger partial charge in [0.2, 0.25) is 0 Å². The molecule has 5 nitrogen and oxygen atoms in total. The molecule has 1 aromatic rings. The molecule has 24 heavy (non-hydrogen) atoms. The normalized spacial score (nSPS) is 18.5. The zero-order valence-corrected chi connectivity index (χ0v) is 16.0. The first-order valence-corrected chi connectivity index (χ1v) is 9.82. The number of carbonyl (C=O) groups is 1. The second-order valence-corrected chi connectivity index (χ2v) is 7.41. The number of likely N-dealkylation sites (tertiary alicyclic amines) is 1. The van der Waals surface area contributed by atoms with Crippen LogP contribution in [0.4, 0.5) is 4.79 Å². The smallest absolute Gasteiger partial charge is 0.317 e. The van der Waals surface area contributed by atoms with Crippen LogP contribution in [0, 0.1) is 6.92 Å². The average molecular weight is 354 g/mol. The molecule has 1 saturated heterocycles. The van der Waals surface area contributed by atoms with E-state index in [2.05, 4.69) is 35.5 Å². The van der Waals surface area contributed by atoms with Crippen LogP contribution in [0.2, 0.25) is 0 Å². The Bertz CT molecular complexity index is 506. The van der Waals surface area contributed by atoms with Crippen molar-refractivity contribution in [3.63, 3.8) is 0 Å². The minimum Gasteiger partial charge on any atom is -0.383 e. The molecule has 1 aliphatic rings. The van der Waals surface area contributed by atoms with Crippen LogP contribution in [-0.4, -0.2) is 61.8 Å². The molecule has 0 aliphatic carbocycles. The lowest BCUT2D eigenvalue weighted by atomic mass is 10.0. The van der Waals surface area contributed by atoms with E-state index in [0.29, 0.717) is 25.7 Å². The zero-order valence-electron chi connectivity index (χ0n) is 15.2. The number of nitrogens with one attached hydrogen (secondary N) is 1. The van der Waals surface area contributed by atoms with Gasteiger partial charge in [-0.2, -0.15) is 0 Å². The van der Waals surface area contributed by atoms with Crippen LogP contribution >= 0.6 is 11.3 Å². The fraction of sp³-hybridized carbons (Fsp3) is 0.722. The number of carbonyl (C=O) groups excluding carboxylic acids is 1. The summed E-state index contributed by atoms with van der Waals surface area (Å²) < 4.78 is 5.17. The number of piperidine rings is 1. The molecule has 0 aromatic carbocycles. The monoisotopic (exact) mass is 353 g/mol. The summed E-state index contributed by atoms with van der Waals surface area (Å²) in [5.41, 5.74) is 1.25. The molecule has 1 fully saturated rings. The number of aryl methyl sites for hydroxylation is 1. The van der Waals surface area contributed by atoms with Gasteiger partial charge in [0.1, 0.15) is 0 Å². The predicted molar refractivity (Wildman–Crippen MR) is 99.6 cm³/mol. The van der Waals surface area contributed by atoms with Crippen LogP contribution in [0.3, 0.4) is 0 Å². The molecule has 0 spiro atoms. The quantitative estimate of drug-likeness (QED) is 0.781. The third kappa shape index (κ3) is 5.46. The lowest BCUT2D eigenvalue weighted by Crippen LogP contribution is -2.49. The van der Waals surface area contributed by atoms with Crippen molar-refractivity contribution in [1.82, 2.24) is 15.1 Å². The summed E-state index contributed by atoms with van der Waals surface area (Å²) in [5, 5.41) is 5.23. The van der Waals surface area contributed by atoms with Crippen LogP contribution in [-0.2, 0) is 11.3 Å². The van der Waals surface area contributed by atoms with E-state index in [1.807, 2.05) is 4.90 Å². The number of hydrogen-bond donors (Lipinski definition) is 1. The number of amides is 2. The van der Waals surface area contributed by atoms with Gasteiger partial charge in [0.15, 0.2) is 0 Å². The minimum atomic E-state index is 0.0153. The Morgan fingerprint density at radius 2 is 2.33 bits per heavy atom. The van der Waals surface area contributed by atoms with Gasteiger partial charge in [0.25, 0.3) is 0 Å². The van der Waals surface area contributed by atoms with Crippen molar-refractivity contribution in [3.05, 3.63) is 21.9 Å². The SMILES string of the molecule is CCN1CCCC[C@@H]1CNC(=O)N(CCOC)Cc1sccc1C. The fourth-order valence-corrected chi connectivity index (χ4v) is 4.14. The zero-order chi connectivity index (χ0) is 17.4. The Hall–Kier alpha value is -1.11. The van der Waals surface area contributed by atoms with Crippen molar-refractivity contribution < 1.29 is 9.53 Å². The second-order valence-electron chi connectivity index (χ2n) is 6.41. The third-order valence-electron chi connectivity index (χ3n) is 4.80. The van der Waals surface area contributed by atoms with E-state index in [-0.39, 0.29) is 6.03 Å². The molecule has 0 radical (unpaired) electrons. The summed E-state index contributed by atoms with van der Waals surface area (Å²) in [6.45, 7) is 9.07. The van der Waals surface area contributed by atoms with Crippen LogP contribution in [0.5, 0.6) is 0 Å². The number of nitrogens with zero attached hydrogens (tertiary/aromatic N) is 2. The lowest BCUT2D eigenvalue weighted by Gasteiger charge is -2.35. The third-order valence-corrected chi connectivity index (χ3v) is 5.81. The second kappa shape index (κ2) is 10.0. The highest BCUT2D eigenvalue weighted by atomic mass is 32.1. The van der Waals surface area contributed by atoms with Gasteiger partial charge in [-0.15, -0.1) is 11.3 Å². The van der Waals surface area contributed by atoms with Crippen molar-refractivity contribution in [2.45, 2.75) is 45.7 Å². The molecule has 136 valence electrons. The van der Waals surface area contributed by atoms with E-state index in [4.69, 9.17) is 4.74 Å². The highest BCUT2D eigenvalue weighted by Gasteiger charge is 2.22. The van der Waals surface area contributed by atoms with Crippen molar-refractivity contribution in [2.75, 3.05) is 39.9 Å². The Morgan fingerprint density at radius 3 is 3.00 bits per heavy atom. The van der Waals surface area contributed by atoms with Crippen molar-refractivity contribution >= 4 is 17.4 Å². The number of thiophene rings is 1. The molecule has 2 amide bonds. The molecular weight excluding hydrogens is 322 g/mol. The summed E-state index contributed by atoms with van der Waals surface area (Å²) in [6.07, 6.45) is 3.71. The molecule has 6 heteroatoms. The topological polar surface area (TPSA) is 44.8 Å². The van der Waals surface area contributed by atoms with Gasteiger partial charge in [-0.25, -0.2) is 4.79 Å². The average Bonchev–Trinajstić information content (AvgIpc) is 3.01. The molecule has 2 rings (SSSR count). The highest BCUT2D eigenvalue weighted by molar-refractivity contribution is 7.10. The first-order chi connectivity index (χ1) is 11.7. The van der Waals surface area contributed by atoms with Gasteiger partial charge >= 0.3 is 6.03 Å². The summed E-state index contributed by atoms with van der Waals surface area (Å²) in [7, 11) is 1.67. The largest absolute Gasteiger partial charge is 0.383 e. The molecule has 2 heterocycles. The van der Waals surface area contributed by atoms with Crippen LogP contribution in [0.25, 0.3) is 0 Å². The molecule has 0 unspecified atom stereocenters. The van der Waals surface area contributed by atoms with Gasteiger partial charge in [0.05, 0.1) is 13.2 Å². The molecule has 1 N–H and O–H groups in total. The Morgan fingerprint density at radius 1 is 1.50 bits per heavy atom. The van der Waals surface area contributed by atoms with Gasteiger partial charge in [-0.1, -0.05) is 13.3 Å². The summed E-state index contributed by atoms with van der Waals surface area (Å²) >= 11 is 1.71. The number of methoxy groups -OCH3 is 1. The number of urea groups is 1. The standard InChI is InChI=1S/C18H31N3O2S/c1-4-20-9-6-5-7-16(20)13-19-18(22)21(10-11-23-3)14-17-15(2)8-12-24-17/h8,12,16H,4-7,9-11,13-14H2,1-3H3,(H,19,22)/t16-/m1/s1. The van der Waals surface area contributed by atoms with Crippen LogP contribution in [0.15, 0.2) is 11.4 Å². The van der Waals surface area contributed by atoms with Crippen LogP contribution < -0.4 is 5.32 Å². The Labute approximate surface area is 150 Å². The van der Waals surface area contributed by atoms with Gasteiger partial charge in [-0.3, -0.25) is 4.90 Å². The van der Waals surface area contributed by atoms with E-state index in [1.165, 1.54) is 29.7 Å². The first-order valence-electron chi connectivity index (χ1n) is 8.94. The van der Waals surface area contributed by atoms with Gasteiger partial charge < -0.3 is 15.0 Å². The van der Waals surface area contributed by atoms with Gasteiger partial charge in [0, 0.05) is 31.1 Å². The molecular formula is C18H31N3O2S. The molecule has 0 bridgehead atoms. The van der Waals surface area contributed by atoms with E-state index in [1.54, 1.807) is 18.4 Å². The summed E-state index contributed by atoms with van der Waals surface area (Å²) in [6, 6.07) is 2.59. The van der Waals surface area contributed by atoms with Crippen molar-refractivity contribution in [1.29, 1.82) is 0 Å². The maximum Gasteiger partial charge on any atom is 0.317 e.